The van der Waals surface area contributed by atoms with Gasteiger partial charge < -0.3 is 9.84 Å². The molecular formula is C13H16O3S. The molecule has 0 spiro atoms. The third-order valence-corrected chi connectivity index (χ3v) is 3.67. The highest BCUT2D eigenvalue weighted by Crippen LogP contribution is 2.36. The maximum absolute atomic E-state index is 11.1. The predicted molar refractivity (Wildman–Crippen MR) is 68.9 cm³/mol. The van der Waals surface area contributed by atoms with Crippen molar-refractivity contribution < 1.29 is 14.6 Å². The van der Waals surface area contributed by atoms with Crippen LogP contribution in [0.2, 0.25) is 0 Å². The second-order valence-electron chi connectivity index (χ2n) is 4.66. The van der Waals surface area contributed by atoms with Gasteiger partial charge in [-0.05, 0) is 11.5 Å². The number of carboxylic acid groups (broad SMARTS) is 1. The number of ether oxygens (including phenoxy) is 1. The molecule has 1 aromatic rings. The first-order chi connectivity index (χ1) is 7.86. The molecule has 0 bridgehead atoms. The van der Waals surface area contributed by atoms with Gasteiger partial charge in [0.1, 0.15) is 5.75 Å². The molecule has 0 unspecified atom stereocenters. The van der Waals surface area contributed by atoms with Crippen molar-refractivity contribution in [3.8, 4) is 18.1 Å². The Morgan fingerprint density at radius 2 is 2.24 bits per heavy atom. The van der Waals surface area contributed by atoms with Crippen molar-refractivity contribution in [3.05, 3.63) is 15.8 Å². The van der Waals surface area contributed by atoms with Crippen LogP contribution >= 0.6 is 11.3 Å². The lowest BCUT2D eigenvalue weighted by Crippen LogP contribution is -2.08. The fourth-order valence-corrected chi connectivity index (χ4v) is 2.22. The maximum atomic E-state index is 11.1. The number of carbonyl (C=O) groups is 1. The molecule has 0 aliphatic heterocycles. The Morgan fingerprint density at radius 3 is 2.71 bits per heavy atom. The predicted octanol–water partition coefficient (Wildman–Crippen LogP) is 3.15. The molecule has 0 amide bonds. The Bertz CT molecular complexity index is 446. The van der Waals surface area contributed by atoms with Crippen molar-refractivity contribution in [1.29, 1.82) is 0 Å². The van der Waals surface area contributed by atoms with Crippen molar-refractivity contribution in [2.45, 2.75) is 32.6 Å². The second kappa shape index (κ2) is 5.24. The molecule has 1 N–H and O–H groups in total. The van der Waals surface area contributed by atoms with E-state index in [9.17, 15) is 4.79 Å². The molecule has 0 aromatic carbocycles. The molecule has 92 valence electrons. The van der Waals surface area contributed by atoms with E-state index in [0.717, 1.165) is 4.88 Å². The summed E-state index contributed by atoms with van der Waals surface area (Å²) in [7, 11) is 0. The van der Waals surface area contributed by atoms with Crippen LogP contribution < -0.4 is 4.74 Å². The van der Waals surface area contributed by atoms with Crippen molar-refractivity contribution in [2.24, 2.45) is 0 Å². The minimum absolute atomic E-state index is 0.0808. The first kappa shape index (κ1) is 13.6. The van der Waals surface area contributed by atoms with E-state index in [1.807, 2.05) is 20.8 Å². The van der Waals surface area contributed by atoms with Gasteiger partial charge in [-0.1, -0.05) is 20.8 Å². The van der Waals surface area contributed by atoms with Gasteiger partial charge in [-0.3, -0.25) is 0 Å². The van der Waals surface area contributed by atoms with Gasteiger partial charge in [0.25, 0.3) is 0 Å². The largest absolute Gasteiger partial charge is 0.491 e. The molecule has 0 aliphatic rings. The molecule has 1 aromatic heterocycles. The molecule has 0 aliphatic carbocycles. The van der Waals surface area contributed by atoms with Crippen LogP contribution in [-0.4, -0.2) is 17.7 Å². The van der Waals surface area contributed by atoms with Crippen LogP contribution in [-0.2, 0) is 5.41 Å². The van der Waals surface area contributed by atoms with Gasteiger partial charge in [0, 0.05) is 11.3 Å². The smallest absolute Gasteiger partial charge is 0.349 e. The van der Waals surface area contributed by atoms with E-state index in [0.29, 0.717) is 18.8 Å². The molecule has 1 heterocycles. The first-order valence-electron chi connectivity index (χ1n) is 5.30. The lowest BCUT2D eigenvalue weighted by Gasteiger charge is -2.14. The van der Waals surface area contributed by atoms with Gasteiger partial charge in [-0.2, -0.15) is 0 Å². The second-order valence-corrected chi connectivity index (χ2v) is 5.71. The zero-order valence-electron chi connectivity index (χ0n) is 10.2. The summed E-state index contributed by atoms with van der Waals surface area (Å²) in [6.45, 7) is 6.46. The summed E-state index contributed by atoms with van der Waals surface area (Å²) in [6.07, 6.45) is 5.59. The van der Waals surface area contributed by atoms with Crippen molar-refractivity contribution >= 4 is 17.3 Å². The van der Waals surface area contributed by atoms with Crippen molar-refractivity contribution in [3.63, 3.8) is 0 Å². The van der Waals surface area contributed by atoms with Gasteiger partial charge in [-0.15, -0.1) is 23.7 Å². The Balaban J connectivity index is 2.98. The Morgan fingerprint density at radius 1 is 1.59 bits per heavy atom. The molecule has 0 radical (unpaired) electrons. The Kier molecular flexibility index (Phi) is 4.19. The van der Waals surface area contributed by atoms with E-state index >= 15 is 0 Å². The van der Waals surface area contributed by atoms with Gasteiger partial charge in [0.2, 0.25) is 0 Å². The fourth-order valence-electron chi connectivity index (χ4n) is 1.22. The fraction of sp³-hybridized carbons (Fsp3) is 0.462. The van der Waals surface area contributed by atoms with Crippen LogP contribution in [0, 0.1) is 12.3 Å². The highest BCUT2D eigenvalue weighted by atomic mass is 32.1. The van der Waals surface area contributed by atoms with E-state index in [-0.39, 0.29) is 10.3 Å². The standard InChI is InChI=1S/C13H16O3S/c1-5-6-7-16-9-8-10(13(2,3)4)17-11(9)12(14)15/h1,8H,6-7H2,2-4H3,(H,14,15). The number of terminal acetylenes is 1. The summed E-state index contributed by atoms with van der Waals surface area (Å²) in [4.78, 5) is 12.3. The van der Waals surface area contributed by atoms with Crippen LogP contribution in [0.25, 0.3) is 0 Å². The Hall–Kier alpha value is -1.47. The van der Waals surface area contributed by atoms with Crippen LogP contribution in [0.1, 0.15) is 41.7 Å². The van der Waals surface area contributed by atoms with Crippen LogP contribution in [0.3, 0.4) is 0 Å². The van der Waals surface area contributed by atoms with Crippen LogP contribution in [0.4, 0.5) is 0 Å². The number of carboxylic acids is 1. The molecule has 0 atom stereocenters. The van der Waals surface area contributed by atoms with Crippen LogP contribution in [0.15, 0.2) is 6.07 Å². The quantitative estimate of drug-likeness (QED) is 0.661. The van der Waals surface area contributed by atoms with Gasteiger partial charge in [-0.25, -0.2) is 4.79 Å². The molecule has 3 nitrogen and oxygen atoms in total. The average molecular weight is 252 g/mol. The topological polar surface area (TPSA) is 46.5 Å². The average Bonchev–Trinajstić information content (AvgIpc) is 2.61. The highest BCUT2D eigenvalue weighted by Gasteiger charge is 2.23. The van der Waals surface area contributed by atoms with Gasteiger partial charge >= 0.3 is 5.97 Å². The third kappa shape index (κ3) is 3.50. The van der Waals surface area contributed by atoms with E-state index in [4.69, 9.17) is 16.3 Å². The molecule has 0 saturated heterocycles. The summed E-state index contributed by atoms with van der Waals surface area (Å²) >= 11 is 1.26. The molecule has 4 heteroatoms. The molecular weight excluding hydrogens is 236 g/mol. The molecule has 0 saturated carbocycles. The Labute approximate surface area is 105 Å². The zero-order chi connectivity index (χ0) is 13.1. The summed E-state index contributed by atoms with van der Waals surface area (Å²) in [5.74, 6) is 1.92. The minimum atomic E-state index is -0.957. The highest BCUT2D eigenvalue weighted by molar-refractivity contribution is 7.14. The number of hydrogen-bond acceptors (Lipinski definition) is 3. The maximum Gasteiger partial charge on any atom is 0.349 e. The zero-order valence-corrected chi connectivity index (χ0v) is 11.1. The first-order valence-corrected chi connectivity index (χ1v) is 6.11. The van der Waals surface area contributed by atoms with E-state index in [1.54, 1.807) is 6.07 Å². The summed E-state index contributed by atoms with van der Waals surface area (Å²) in [6, 6.07) is 1.80. The number of thiophene rings is 1. The number of rotatable bonds is 4. The minimum Gasteiger partial charge on any atom is -0.491 e. The van der Waals surface area contributed by atoms with Gasteiger partial charge in [0.15, 0.2) is 4.88 Å². The molecule has 17 heavy (non-hydrogen) atoms. The third-order valence-electron chi connectivity index (χ3n) is 2.14. The normalized spacial score (nSPS) is 10.9. The SMILES string of the molecule is C#CCCOc1cc(C(C)(C)C)sc1C(=O)O. The van der Waals surface area contributed by atoms with E-state index < -0.39 is 5.97 Å². The van der Waals surface area contributed by atoms with Crippen molar-refractivity contribution in [1.82, 2.24) is 0 Å². The molecule has 0 fully saturated rings. The summed E-state index contributed by atoms with van der Waals surface area (Å²) < 4.78 is 5.40. The lowest BCUT2D eigenvalue weighted by atomic mass is 9.95. The van der Waals surface area contributed by atoms with E-state index in [1.165, 1.54) is 11.3 Å². The molecule has 1 rings (SSSR count). The number of aromatic carboxylic acids is 1. The van der Waals surface area contributed by atoms with Crippen molar-refractivity contribution in [2.75, 3.05) is 6.61 Å². The summed E-state index contributed by atoms with van der Waals surface area (Å²) in [5, 5.41) is 9.09. The van der Waals surface area contributed by atoms with Crippen LogP contribution in [0.5, 0.6) is 5.75 Å². The summed E-state index contributed by atoms with van der Waals surface area (Å²) in [5.41, 5.74) is -0.0808. The number of hydrogen-bond donors (Lipinski definition) is 1. The van der Waals surface area contributed by atoms with Gasteiger partial charge in [0.05, 0.1) is 6.61 Å². The monoisotopic (exact) mass is 252 g/mol. The lowest BCUT2D eigenvalue weighted by molar-refractivity contribution is 0.0698. The van der Waals surface area contributed by atoms with E-state index in [2.05, 4.69) is 5.92 Å².